The zero-order valence-corrected chi connectivity index (χ0v) is 16.2. The SMILES string of the molecule is CCNC(=NCc1ccon1)NC1CC(OCC)C12CCC2.I. The lowest BCUT2D eigenvalue weighted by atomic mass is 9.51. The fourth-order valence-electron chi connectivity index (χ4n) is 3.60. The first-order valence-electron chi connectivity index (χ1n) is 8.34. The number of rotatable bonds is 6. The van der Waals surface area contributed by atoms with E-state index in [1.54, 1.807) is 6.26 Å². The lowest BCUT2D eigenvalue weighted by Gasteiger charge is -2.61. The molecule has 2 aliphatic rings. The Morgan fingerprint density at radius 2 is 2.30 bits per heavy atom. The number of guanidine groups is 1. The monoisotopic (exact) mass is 434 g/mol. The van der Waals surface area contributed by atoms with E-state index in [9.17, 15) is 0 Å². The number of hydrogen-bond acceptors (Lipinski definition) is 4. The molecular weight excluding hydrogens is 407 g/mol. The number of nitrogens with zero attached hydrogens (tertiary/aromatic N) is 2. The Balaban J connectivity index is 0.00000192. The second-order valence-corrected chi connectivity index (χ2v) is 6.15. The van der Waals surface area contributed by atoms with Crippen molar-refractivity contribution in [3.05, 3.63) is 18.0 Å². The quantitative estimate of drug-likeness (QED) is 0.409. The van der Waals surface area contributed by atoms with Crippen LogP contribution in [0.4, 0.5) is 0 Å². The first kappa shape index (κ1) is 18.5. The van der Waals surface area contributed by atoms with Crippen LogP contribution < -0.4 is 10.6 Å². The van der Waals surface area contributed by atoms with Crippen molar-refractivity contribution < 1.29 is 9.26 Å². The largest absolute Gasteiger partial charge is 0.378 e. The summed E-state index contributed by atoms with van der Waals surface area (Å²) in [4.78, 5) is 4.60. The standard InChI is InChI=1S/C16H26N4O2.HI/c1-3-17-15(18-11-12-6-9-22-20-12)19-13-10-14(21-4-2)16(13)7-5-8-16;/h6,9,13-14H,3-5,7-8,10-11H2,1-2H3,(H2,17,18,19);1H. The number of halogens is 1. The molecule has 0 bridgehead atoms. The van der Waals surface area contributed by atoms with Crippen LogP contribution in [0.3, 0.4) is 0 Å². The molecule has 2 atom stereocenters. The van der Waals surface area contributed by atoms with E-state index in [0.717, 1.165) is 31.2 Å². The van der Waals surface area contributed by atoms with Gasteiger partial charge in [0, 0.05) is 30.7 Å². The number of aliphatic imine (C=N–C) groups is 1. The number of aromatic nitrogens is 1. The summed E-state index contributed by atoms with van der Waals surface area (Å²) in [5.41, 5.74) is 1.18. The maximum absolute atomic E-state index is 5.90. The second kappa shape index (κ2) is 8.32. The van der Waals surface area contributed by atoms with Gasteiger partial charge in [0.05, 0.1) is 12.6 Å². The first-order chi connectivity index (χ1) is 10.8. The molecule has 0 saturated heterocycles. The van der Waals surface area contributed by atoms with Crippen molar-refractivity contribution in [1.29, 1.82) is 0 Å². The molecule has 0 aromatic carbocycles. The predicted molar refractivity (Wildman–Crippen MR) is 100.0 cm³/mol. The van der Waals surface area contributed by atoms with Gasteiger partial charge < -0.3 is 19.9 Å². The van der Waals surface area contributed by atoms with E-state index in [1.807, 2.05) is 6.07 Å². The summed E-state index contributed by atoms with van der Waals surface area (Å²) in [7, 11) is 0. The zero-order valence-electron chi connectivity index (χ0n) is 13.9. The van der Waals surface area contributed by atoms with Crippen LogP contribution in [0.5, 0.6) is 0 Å². The summed E-state index contributed by atoms with van der Waals surface area (Å²) >= 11 is 0. The minimum Gasteiger partial charge on any atom is -0.378 e. The van der Waals surface area contributed by atoms with Crippen molar-refractivity contribution >= 4 is 29.9 Å². The van der Waals surface area contributed by atoms with Gasteiger partial charge in [-0.25, -0.2) is 4.99 Å². The summed E-state index contributed by atoms with van der Waals surface area (Å²) in [5.74, 6) is 0.858. The van der Waals surface area contributed by atoms with Crippen LogP contribution in [0.1, 0.15) is 45.2 Å². The Bertz CT molecular complexity index is 502. The highest BCUT2D eigenvalue weighted by atomic mass is 127. The molecule has 2 aliphatic carbocycles. The summed E-state index contributed by atoms with van der Waals surface area (Å²) in [6.45, 7) is 6.34. The van der Waals surface area contributed by atoms with E-state index in [0.29, 0.717) is 24.1 Å². The van der Waals surface area contributed by atoms with Crippen LogP contribution in [-0.4, -0.2) is 36.4 Å². The van der Waals surface area contributed by atoms with Crippen molar-refractivity contribution in [2.75, 3.05) is 13.2 Å². The van der Waals surface area contributed by atoms with Gasteiger partial charge in [0.25, 0.3) is 0 Å². The summed E-state index contributed by atoms with van der Waals surface area (Å²) < 4.78 is 10.7. The summed E-state index contributed by atoms with van der Waals surface area (Å²) in [6.07, 6.45) is 6.90. The van der Waals surface area contributed by atoms with E-state index >= 15 is 0 Å². The van der Waals surface area contributed by atoms with Crippen LogP contribution in [0.15, 0.2) is 21.8 Å². The molecule has 130 valence electrons. The fourth-order valence-corrected chi connectivity index (χ4v) is 3.60. The molecule has 2 N–H and O–H groups in total. The molecule has 1 aromatic heterocycles. The third-order valence-electron chi connectivity index (χ3n) is 4.98. The number of ether oxygens (including phenoxy) is 1. The van der Waals surface area contributed by atoms with Crippen molar-refractivity contribution in [3.63, 3.8) is 0 Å². The maximum Gasteiger partial charge on any atom is 0.191 e. The van der Waals surface area contributed by atoms with Crippen LogP contribution in [0.25, 0.3) is 0 Å². The second-order valence-electron chi connectivity index (χ2n) is 6.15. The molecule has 1 heterocycles. The Morgan fingerprint density at radius 3 is 2.87 bits per heavy atom. The highest BCUT2D eigenvalue weighted by Crippen LogP contribution is 2.57. The molecule has 23 heavy (non-hydrogen) atoms. The average Bonchev–Trinajstić information content (AvgIpc) is 2.95. The van der Waals surface area contributed by atoms with Gasteiger partial charge in [0.1, 0.15) is 12.0 Å². The predicted octanol–water partition coefficient (Wildman–Crippen LogP) is 2.70. The van der Waals surface area contributed by atoms with Crippen LogP contribution in [0.2, 0.25) is 0 Å². The molecule has 1 aromatic rings. The molecule has 2 saturated carbocycles. The van der Waals surface area contributed by atoms with E-state index < -0.39 is 0 Å². The Kier molecular flexibility index (Phi) is 6.70. The van der Waals surface area contributed by atoms with Gasteiger partial charge in [-0.1, -0.05) is 11.6 Å². The Hall–Kier alpha value is -0.830. The van der Waals surface area contributed by atoms with Gasteiger partial charge in [-0.2, -0.15) is 0 Å². The van der Waals surface area contributed by atoms with Gasteiger partial charge in [-0.15, -0.1) is 24.0 Å². The molecular formula is C16H27IN4O2. The van der Waals surface area contributed by atoms with Crippen LogP contribution in [-0.2, 0) is 11.3 Å². The van der Waals surface area contributed by atoms with Gasteiger partial charge in [0.15, 0.2) is 5.96 Å². The van der Waals surface area contributed by atoms with Gasteiger partial charge in [0.2, 0.25) is 0 Å². The van der Waals surface area contributed by atoms with Crippen molar-refractivity contribution in [3.8, 4) is 0 Å². The Labute approximate surface area is 154 Å². The van der Waals surface area contributed by atoms with E-state index in [4.69, 9.17) is 9.26 Å². The molecule has 6 nitrogen and oxygen atoms in total. The summed E-state index contributed by atoms with van der Waals surface area (Å²) in [6, 6.07) is 2.31. The molecule has 0 amide bonds. The molecule has 0 aliphatic heterocycles. The average molecular weight is 434 g/mol. The van der Waals surface area contributed by atoms with Crippen molar-refractivity contribution in [2.24, 2.45) is 10.4 Å². The minimum atomic E-state index is 0. The summed E-state index contributed by atoms with van der Waals surface area (Å²) in [5, 5.41) is 10.8. The normalized spacial score (nSPS) is 25.2. The molecule has 1 spiro atoms. The molecule has 7 heteroatoms. The lowest BCUT2D eigenvalue weighted by molar-refractivity contribution is -0.168. The minimum absolute atomic E-state index is 0. The molecule has 2 unspecified atom stereocenters. The van der Waals surface area contributed by atoms with Crippen LogP contribution in [0, 0.1) is 5.41 Å². The van der Waals surface area contributed by atoms with Gasteiger partial charge >= 0.3 is 0 Å². The third-order valence-corrected chi connectivity index (χ3v) is 4.98. The number of hydrogen-bond donors (Lipinski definition) is 2. The lowest BCUT2D eigenvalue weighted by Crippen LogP contribution is -2.68. The zero-order chi connectivity index (χ0) is 15.4. The Morgan fingerprint density at radius 1 is 1.48 bits per heavy atom. The smallest absolute Gasteiger partial charge is 0.191 e. The topological polar surface area (TPSA) is 71.7 Å². The highest BCUT2D eigenvalue weighted by molar-refractivity contribution is 14.0. The van der Waals surface area contributed by atoms with E-state index in [-0.39, 0.29) is 24.0 Å². The highest BCUT2D eigenvalue weighted by Gasteiger charge is 2.59. The maximum atomic E-state index is 5.90. The van der Waals surface area contributed by atoms with Crippen molar-refractivity contribution in [1.82, 2.24) is 15.8 Å². The van der Waals surface area contributed by atoms with E-state index in [1.165, 1.54) is 19.3 Å². The van der Waals surface area contributed by atoms with Crippen LogP contribution >= 0.6 is 24.0 Å². The van der Waals surface area contributed by atoms with E-state index in [2.05, 4.69) is 34.6 Å². The molecule has 2 fully saturated rings. The third kappa shape index (κ3) is 3.81. The van der Waals surface area contributed by atoms with Crippen molar-refractivity contribution in [2.45, 2.75) is 58.2 Å². The first-order valence-corrected chi connectivity index (χ1v) is 8.34. The number of nitrogens with one attached hydrogen (secondary N) is 2. The molecule has 3 rings (SSSR count). The molecule has 0 radical (unpaired) electrons. The van der Waals surface area contributed by atoms with Gasteiger partial charge in [-0.05, 0) is 33.1 Å². The van der Waals surface area contributed by atoms with Gasteiger partial charge in [-0.3, -0.25) is 0 Å². The fraction of sp³-hybridized carbons (Fsp3) is 0.750.